The van der Waals surface area contributed by atoms with E-state index in [1.54, 1.807) is 32.3 Å². The second kappa shape index (κ2) is 42.5. The number of hydrogen-bond acceptors (Lipinski definition) is 29. The van der Waals surface area contributed by atoms with Crippen LogP contribution in [-0.4, -0.2) is 257 Å². The van der Waals surface area contributed by atoms with Crippen molar-refractivity contribution < 1.29 is 103 Å². The van der Waals surface area contributed by atoms with Gasteiger partial charge in [0, 0.05) is 82.5 Å². The van der Waals surface area contributed by atoms with Crippen LogP contribution in [0.4, 0.5) is 23.3 Å². The fraction of sp³-hybridized carbons (Fsp3) is 0.678. The van der Waals surface area contributed by atoms with Crippen LogP contribution in [0.15, 0.2) is 50.1 Å². The predicted octanol–water partition coefficient (Wildman–Crippen LogP) is 9.62. The zero-order valence-corrected chi connectivity index (χ0v) is 78.4. The molecule has 0 aliphatic carbocycles. The number of amides is 4. The van der Waals surface area contributed by atoms with E-state index in [-0.39, 0.29) is 124 Å². The van der Waals surface area contributed by atoms with Gasteiger partial charge in [-0.1, -0.05) is 131 Å². The number of aryl methyl sites for hydroxylation is 3. The molecule has 12 heterocycles. The van der Waals surface area contributed by atoms with E-state index in [1.807, 2.05) is 48.5 Å². The Balaban J connectivity index is 0.000000191. The van der Waals surface area contributed by atoms with Gasteiger partial charge in [0.1, 0.15) is 144 Å². The number of nitrogens with one attached hydrogen (secondary N) is 4. The van der Waals surface area contributed by atoms with Crippen molar-refractivity contribution in [1.82, 2.24) is 58.1 Å². The number of aliphatic hydroxyl groups excluding tert-OH is 8. The van der Waals surface area contributed by atoms with Gasteiger partial charge in [-0.3, -0.25) is 24.0 Å². The molecule has 9 unspecified atom stereocenters. The van der Waals surface area contributed by atoms with Crippen molar-refractivity contribution in [2.24, 2.45) is 57.2 Å². The quantitative estimate of drug-likeness (QED) is 0.0203. The zero-order chi connectivity index (χ0) is 94.3. The maximum atomic E-state index is 13.3. The van der Waals surface area contributed by atoms with Crippen LogP contribution in [0.1, 0.15) is 216 Å². The van der Waals surface area contributed by atoms with Crippen LogP contribution in [0, 0.1) is 77.9 Å². The van der Waals surface area contributed by atoms with Crippen molar-refractivity contribution >= 4 is 96.8 Å². The Morgan fingerprint density at radius 2 is 0.630 bits per heavy atom. The normalized spacial score (nSPS) is 25.1. The van der Waals surface area contributed by atoms with Gasteiger partial charge in [-0.15, -0.1) is 0 Å². The highest BCUT2D eigenvalue weighted by Gasteiger charge is 2.49. The lowest BCUT2D eigenvalue weighted by atomic mass is 9.78. The Labute approximate surface area is 742 Å². The SMILES string of the molecule is CCC(C)C(CC(C)(C)C)C(=O)Nc1ncnc2c1c(C)cn2[C@@H]1O[C@H](COC)C(O)[C@@H]1O.COC[C@H]1O[C@@H](n2cc(C(C)=O)c3c(NC(=O)C(C)CC(C)(C)C)ncnc32)[C@@H](O)C1O.COC[C@H]1O[C@@H](n2cc(C)c3c(NC(=O)C(C)CC(C)(C)C)ncnc32)[C@@H](O)C1O.COC[C@H]1O[C@@H](n2cc(C)c3c(NC(=O)C(CC(C)(C)C)C(C)C)ncnc32)[C@@H](O)C1O. The number of carbonyl (C=O) groups excluding carboxylic acids is 5. The average Bonchev–Trinajstić information content (AvgIpc) is 1.62. The summed E-state index contributed by atoms with van der Waals surface area (Å²) in [5.74, 6) is 0.440. The van der Waals surface area contributed by atoms with Gasteiger partial charge in [-0.25, -0.2) is 39.9 Å². The van der Waals surface area contributed by atoms with Gasteiger partial charge in [0.15, 0.2) is 30.7 Å². The molecule has 4 fully saturated rings. The molecule has 0 spiro atoms. The number of aliphatic hydroxyl groups is 8. The Morgan fingerprint density at radius 1 is 0.378 bits per heavy atom. The number of fused-ring (bicyclic) bond motifs is 4. The third-order valence-electron chi connectivity index (χ3n) is 23.3. The summed E-state index contributed by atoms with van der Waals surface area (Å²) in [6.45, 7) is 44.9. The number of anilines is 4. The molecular weight excluding hydrogens is 1640 g/mol. The number of hydrogen-bond donors (Lipinski definition) is 12. The van der Waals surface area contributed by atoms with E-state index < -0.39 is 98.2 Å². The van der Waals surface area contributed by atoms with Gasteiger partial charge < -0.3 is 118 Å². The number of ether oxygens (including phenoxy) is 8. The highest BCUT2D eigenvalue weighted by molar-refractivity contribution is 6.12. The highest BCUT2D eigenvalue weighted by Crippen LogP contribution is 2.43. The summed E-state index contributed by atoms with van der Waals surface area (Å²) in [5.41, 5.74) is 4.64. The maximum Gasteiger partial charge on any atom is 0.228 e. The van der Waals surface area contributed by atoms with Crippen molar-refractivity contribution in [1.29, 1.82) is 0 Å². The van der Waals surface area contributed by atoms with Crippen LogP contribution in [-0.2, 0) is 57.1 Å². The van der Waals surface area contributed by atoms with Crippen molar-refractivity contribution in [2.75, 3.05) is 76.1 Å². The summed E-state index contributed by atoms with van der Waals surface area (Å²) in [7, 11) is 6.00. The highest BCUT2D eigenvalue weighted by atomic mass is 16.6. The monoisotopic (exact) mass is 1780 g/mol. The molecule has 8 aromatic heterocycles. The number of aromatic nitrogens is 12. The molecule has 8 aromatic rings. The van der Waals surface area contributed by atoms with Gasteiger partial charge >= 0.3 is 0 Å². The van der Waals surface area contributed by atoms with Crippen LogP contribution in [0.25, 0.3) is 44.1 Å². The maximum absolute atomic E-state index is 13.3. The first kappa shape index (κ1) is 102. The lowest BCUT2D eigenvalue weighted by Crippen LogP contribution is -2.33. The van der Waals surface area contributed by atoms with Crippen molar-refractivity contribution in [3.8, 4) is 0 Å². The summed E-state index contributed by atoms with van der Waals surface area (Å²) in [5, 5.41) is 97.7. The van der Waals surface area contributed by atoms with E-state index in [4.69, 9.17) is 37.9 Å². The lowest BCUT2D eigenvalue weighted by Gasteiger charge is -2.29. The number of rotatable bonds is 28. The standard InChI is InChI=1S/C24H38N4O5.C23H36N4O5.C22H32N4O6.C21H32N4O5/c1-8-13(2)15(9-24(4,5)6)22(31)27-20-17-14(3)10-28(21(17)26-12-25-20)23-19(30)18(29)16(33-23)11-32-7;1-12(2)14(8-23(4,5)6)21(30)26-19-16-13(3)9-27(20(16)25-11-24-19)22-18(29)17(28)15(32-22)10-31-7;1-11(7-22(3,4)5)20(30)25-18-15-13(12(2)27)8-26(19(15)24-10-23-18)21-17(29)16(28)14(32-21)9-31-6;1-11(7-21(3,4)5)19(28)24-17-14-12(2)8-25(18(14)23-10-22-17)20-16(27)15(26)13(30-20)9-29-6/h10,12-13,15-16,18-19,23,29-30H,8-9,11H2,1-7H3,(H,25,26,27,31);9,11-12,14-15,17-18,22,28-29H,8,10H2,1-7H3,(H,24,25,26,30);8,10-11,14,16-17,21,28-29H,7,9H2,1-6H3,(H,23,24,25,30);8,10-11,13,15-16,20,26-27H,7,9H2,1-6H3,(H,22,23,24,28)/t13?,15?,16-,18?,19+,23-;14?,15-,17?,18+,22-;11?,14-,16?,17+,21-;11?,13-,15?,16+,20-/m1111/s1. The molecule has 4 saturated heterocycles. The summed E-state index contributed by atoms with van der Waals surface area (Å²) < 4.78 is 50.2. The second-order valence-electron chi connectivity index (χ2n) is 39.5. The van der Waals surface area contributed by atoms with E-state index >= 15 is 0 Å². The van der Waals surface area contributed by atoms with E-state index in [9.17, 15) is 64.8 Å². The molecule has 37 heteroatoms. The van der Waals surface area contributed by atoms with Gasteiger partial charge in [0.2, 0.25) is 23.6 Å². The van der Waals surface area contributed by atoms with Gasteiger partial charge in [0.25, 0.3) is 0 Å². The number of ketones is 1. The Morgan fingerprint density at radius 3 is 0.890 bits per heavy atom. The molecule has 12 N–H and O–H groups in total. The third-order valence-corrected chi connectivity index (χ3v) is 23.3. The predicted molar refractivity (Wildman–Crippen MR) is 476 cm³/mol. The molecule has 12 rings (SSSR count). The van der Waals surface area contributed by atoms with E-state index in [0.29, 0.717) is 68.0 Å². The molecule has 4 amide bonds. The number of nitrogens with zero attached hydrogens (tertiary/aromatic N) is 12. The minimum Gasteiger partial charge on any atom is -0.387 e. The molecule has 0 aromatic carbocycles. The van der Waals surface area contributed by atoms with E-state index in [0.717, 1.165) is 42.4 Å². The molecule has 21 atom stereocenters. The van der Waals surface area contributed by atoms with E-state index in [2.05, 4.69) is 158 Å². The van der Waals surface area contributed by atoms with Crippen molar-refractivity contribution in [3.05, 3.63) is 72.4 Å². The van der Waals surface area contributed by atoms with Crippen molar-refractivity contribution in [3.63, 3.8) is 0 Å². The molecule has 127 heavy (non-hydrogen) atoms. The molecule has 0 saturated carbocycles. The first-order chi connectivity index (χ1) is 59.4. The summed E-state index contributed by atoms with van der Waals surface area (Å²) >= 11 is 0. The first-order valence-electron chi connectivity index (χ1n) is 43.5. The summed E-state index contributed by atoms with van der Waals surface area (Å²) in [6, 6.07) is 0. The fourth-order valence-electron chi connectivity index (χ4n) is 17.1. The first-order valence-corrected chi connectivity index (χ1v) is 43.5. The van der Waals surface area contributed by atoms with Gasteiger partial charge in [-0.05, 0) is 104 Å². The molecule has 704 valence electrons. The van der Waals surface area contributed by atoms with Gasteiger partial charge in [-0.2, -0.15) is 0 Å². The molecule has 4 aliphatic heterocycles. The average molecular weight is 1780 g/mol. The molecule has 0 radical (unpaired) electrons. The number of Topliss-reactive ketones (excluding diaryl/α,β-unsaturated/α-hetero) is 1. The smallest absolute Gasteiger partial charge is 0.228 e. The Hall–Kier alpha value is -8.61. The Kier molecular flexibility index (Phi) is 34.2. The van der Waals surface area contributed by atoms with Crippen LogP contribution in [0.3, 0.4) is 0 Å². The van der Waals surface area contributed by atoms with Crippen LogP contribution in [0.2, 0.25) is 0 Å². The topological polar surface area (TPSA) is 492 Å². The minimum absolute atomic E-state index is 0.0151. The van der Waals surface area contributed by atoms with Crippen LogP contribution in [0.5, 0.6) is 0 Å². The van der Waals surface area contributed by atoms with Gasteiger partial charge in [0.05, 0.1) is 48.0 Å². The molecular formula is C90H138N16O21. The second-order valence-corrected chi connectivity index (χ2v) is 39.5. The van der Waals surface area contributed by atoms with Crippen LogP contribution >= 0.6 is 0 Å². The summed E-state index contributed by atoms with van der Waals surface area (Å²) in [6.07, 6.45) is 0.889. The van der Waals surface area contributed by atoms with Crippen molar-refractivity contribution in [2.45, 2.75) is 283 Å². The third kappa shape index (κ3) is 24.3. The summed E-state index contributed by atoms with van der Waals surface area (Å²) in [4.78, 5) is 99.0. The molecule has 4 aliphatic rings. The number of methoxy groups -OCH3 is 4. The minimum atomic E-state index is -1.26. The molecule has 37 nitrogen and oxygen atoms in total. The van der Waals surface area contributed by atoms with E-state index in [1.165, 1.54) is 71.4 Å². The lowest BCUT2D eigenvalue weighted by molar-refractivity contribution is -0.123. The van der Waals surface area contributed by atoms with Crippen LogP contribution < -0.4 is 21.3 Å². The zero-order valence-electron chi connectivity index (χ0n) is 78.4. The Bertz CT molecular complexity index is 5060. The fourth-order valence-corrected chi connectivity index (χ4v) is 17.1. The molecule has 0 bridgehead atoms. The number of carbonyl (C=O) groups is 5. The largest absolute Gasteiger partial charge is 0.387 e.